The van der Waals surface area contributed by atoms with Gasteiger partial charge in [-0.05, 0) is 32.3 Å². The molecule has 0 spiro atoms. The van der Waals surface area contributed by atoms with Gasteiger partial charge in [-0.25, -0.2) is 12.7 Å². The Morgan fingerprint density at radius 3 is 2.45 bits per heavy atom. The van der Waals surface area contributed by atoms with E-state index < -0.39 is 10.0 Å². The fraction of sp³-hybridized carbons (Fsp3) is 0.533. The maximum atomic E-state index is 12.1. The van der Waals surface area contributed by atoms with Crippen LogP contribution in [0.3, 0.4) is 0 Å². The topological polar surface area (TPSA) is 61.2 Å². The standard InChI is InChI=1S/C15H22N2O2S/c1-13-6-8-15(9-7-13)12-14(2)17(3)20(18,19)11-5-4-10-16/h6-9,14H,4-5,11-12H2,1-3H3/t14-/m0/s1. The summed E-state index contributed by atoms with van der Waals surface area (Å²) in [4.78, 5) is 0. The molecule has 0 amide bonds. The van der Waals surface area contributed by atoms with E-state index in [1.54, 1.807) is 7.05 Å². The molecule has 0 aliphatic heterocycles. The van der Waals surface area contributed by atoms with Crippen LogP contribution in [-0.2, 0) is 16.4 Å². The van der Waals surface area contributed by atoms with Crippen molar-refractivity contribution >= 4 is 10.0 Å². The lowest BCUT2D eigenvalue weighted by atomic mass is 10.1. The van der Waals surface area contributed by atoms with Gasteiger partial charge in [0, 0.05) is 19.5 Å². The number of rotatable bonds is 7. The molecule has 0 aliphatic rings. The number of sulfonamides is 1. The first kappa shape index (κ1) is 16.7. The maximum absolute atomic E-state index is 12.1. The summed E-state index contributed by atoms with van der Waals surface area (Å²) in [6, 6.07) is 10.00. The van der Waals surface area contributed by atoms with E-state index in [9.17, 15) is 8.42 Å². The van der Waals surface area contributed by atoms with Crippen LogP contribution in [0.4, 0.5) is 0 Å². The van der Waals surface area contributed by atoms with Gasteiger partial charge in [0.1, 0.15) is 0 Å². The minimum Gasteiger partial charge on any atom is -0.212 e. The Hall–Kier alpha value is -1.38. The number of hydrogen-bond acceptors (Lipinski definition) is 3. The predicted molar refractivity (Wildman–Crippen MR) is 80.7 cm³/mol. The van der Waals surface area contributed by atoms with Crippen LogP contribution in [0.1, 0.15) is 30.9 Å². The second-order valence-electron chi connectivity index (χ2n) is 5.13. The van der Waals surface area contributed by atoms with Crippen LogP contribution in [-0.4, -0.2) is 31.6 Å². The molecule has 0 saturated carbocycles. The highest BCUT2D eigenvalue weighted by atomic mass is 32.2. The van der Waals surface area contributed by atoms with Gasteiger partial charge in [0.25, 0.3) is 0 Å². The van der Waals surface area contributed by atoms with Crippen LogP contribution in [0.25, 0.3) is 0 Å². The van der Waals surface area contributed by atoms with Crippen molar-refractivity contribution < 1.29 is 8.42 Å². The Kier molecular flexibility index (Phi) is 6.18. The lowest BCUT2D eigenvalue weighted by Gasteiger charge is -2.24. The van der Waals surface area contributed by atoms with Crippen molar-refractivity contribution in [1.82, 2.24) is 4.31 Å². The number of unbranched alkanes of at least 4 members (excludes halogenated alkanes) is 1. The zero-order valence-corrected chi connectivity index (χ0v) is 13.2. The normalized spacial score (nSPS) is 13.2. The Labute approximate surface area is 122 Å². The summed E-state index contributed by atoms with van der Waals surface area (Å²) in [5.74, 6) is 0.0370. The summed E-state index contributed by atoms with van der Waals surface area (Å²) in [5, 5.41) is 8.47. The molecule has 1 aromatic rings. The SMILES string of the molecule is Cc1ccc(C[C@H](C)N(C)S(=O)(=O)CCCC#N)cc1. The summed E-state index contributed by atoms with van der Waals surface area (Å²) >= 11 is 0. The van der Waals surface area contributed by atoms with E-state index >= 15 is 0 Å². The summed E-state index contributed by atoms with van der Waals surface area (Å²) in [5.41, 5.74) is 2.32. The number of nitrogens with zero attached hydrogens (tertiary/aromatic N) is 2. The highest BCUT2D eigenvalue weighted by Gasteiger charge is 2.22. The van der Waals surface area contributed by atoms with Gasteiger partial charge in [-0.3, -0.25) is 0 Å². The summed E-state index contributed by atoms with van der Waals surface area (Å²) in [6.45, 7) is 3.93. The minimum atomic E-state index is -3.28. The van der Waals surface area contributed by atoms with Gasteiger partial charge in [0.2, 0.25) is 10.0 Å². The van der Waals surface area contributed by atoms with Crippen molar-refractivity contribution in [2.24, 2.45) is 0 Å². The fourth-order valence-electron chi connectivity index (χ4n) is 1.95. The smallest absolute Gasteiger partial charge is 0.212 e. The molecule has 5 heteroatoms. The van der Waals surface area contributed by atoms with E-state index in [0.717, 1.165) is 5.56 Å². The molecule has 1 atom stereocenters. The Morgan fingerprint density at radius 1 is 1.30 bits per heavy atom. The van der Waals surface area contributed by atoms with E-state index in [2.05, 4.69) is 0 Å². The monoisotopic (exact) mass is 294 g/mol. The quantitative estimate of drug-likeness (QED) is 0.726. The van der Waals surface area contributed by atoms with Gasteiger partial charge in [0.15, 0.2) is 0 Å². The van der Waals surface area contributed by atoms with Crippen LogP contribution in [0.5, 0.6) is 0 Å². The van der Waals surface area contributed by atoms with Crippen molar-refractivity contribution in [3.05, 3.63) is 35.4 Å². The van der Waals surface area contributed by atoms with Gasteiger partial charge in [-0.15, -0.1) is 0 Å². The molecule has 0 aromatic heterocycles. The van der Waals surface area contributed by atoms with Crippen molar-refractivity contribution in [2.75, 3.05) is 12.8 Å². The molecule has 1 rings (SSSR count). The average Bonchev–Trinajstić information content (AvgIpc) is 2.40. The molecule has 20 heavy (non-hydrogen) atoms. The molecule has 0 saturated heterocycles. The maximum Gasteiger partial charge on any atom is 0.214 e. The molecular formula is C15H22N2O2S. The molecule has 110 valence electrons. The van der Waals surface area contributed by atoms with Crippen molar-refractivity contribution in [3.8, 4) is 6.07 Å². The zero-order valence-electron chi connectivity index (χ0n) is 12.3. The van der Waals surface area contributed by atoms with E-state index in [-0.39, 0.29) is 18.2 Å². The number of nitriles is 1. The highest BCUT2D eigenvalue weighted by Crippen LogP contribution is 2.13. The van der Waals surface area contributed by atoms with E-state index in [1.807, 2.05) is 44.2 Å². The van der Waals surface area contributed by atoms with Crippen molar-refractivity contribution in [1.29, 1.82) is 5.26 Å². The number of likely N-dealkylation sites (N-methyl/N-ethyl adjacent to an activating group) is 1. The third-order valence-electron chi connectivity index (χ3n) is 3.40. The van der Waals surface area contributed by atoms with Gasteiger partial charge in [-0.1, -0.05) is 29.8 Å². The largest absolute Gasteiger partial charge is 0.214 e. The lowest BCUT2D eigenvalue weighted by Crippen LogP contribution is -2.37. The Bertz CT molecular complexity index is 559. The third kappa shape index (κ3) is 4.95. The van der Waals surface area contributed by atoms with Gasteiger partial charge in [0.05, 0.1) is 11.8 Å². The van der Waals surface area contributed by atoms with E-state index in [4.69, 9.17) is 5.26 Å². The molecule has 0 fully saturated rings. The second-order valence-corrected chi connectivity index (χ2v) is 7.28. The van der Waals surface area contributed by atoms with E-state index in [1.165, 1.54) is 9.87 Å². The van der Waals surface area contributed by atoms with Gasteiger partial charge >= 0.3 is 0 Å². The van der Waals surface area contributed by atoms with Crippen LogP contribution in [0, 0.1) is 18.3 Å². The zero-order chi connectivity index (χ0) is 15.2. The molecule has 0 bridgehead atoms. The van der Waals surface area contributed by atoms with Crippen LogP contribution < -0.4 is 0 Å². The first-order valence-electron chi connectivity index (χ1n) is 6.75. The van der Waals surface area contributed by atoms with Crippen molar-refractivity contribution in [2.45, 2.75) is 39.2 Å². The lowest BCUT2D eigenvalue weighted by molar-refractivity contribution is 0.386. The van der Waals surface area contributed by atoms with Gasteiger partial charge in [-0.2, -0.15) is 5.26 Å². The first-order chi connectivity index (χ1) is 9.36. The summed E-state index contributed by atoms with van der Waals surface area (Å²) in [6.07, 6.45) is 1.36. The molecule has 0 radical (unpaired) electrons. The number of benzene rings is 1. The van der Waals surface area contributed by atoms with Crippen molar-refractivity contribution in [3.63, 3.8) is 0 Å². The Morgan fingerprint density at radius 2 is 1.90 bits per heavy atom. The summed E-state index contributed by atoms with van der Waals surface area (Å²) in [7, 11) is -1.67. The predicted octanol–water partition coefficient (Wildman–Crippen LogP) is 2.49. The van der Waals surface area contributed by atoms with E-state index in [0.29, 0.717) is 12.8 Å². The Balaban J connectivity index is 2.64. The molecule has 0 aliphatic carbocycles. The molecule has 1 aromatic carbocycles. The van der Waals surface area contributed by atoms with Crippen LogP contribution in [0.2, 0.25) is 0 Å². The first-order valence-corrected chi connectivity index (χ1v) is 8.36. The third-order valence-corrected chi connectivity index (χ3v) is 5.44. The van der Waals surface area contributed by atoms with Crippen LogP contribution in [0.15, 0.2) is 24.3 Å². The second kappa shape index (κ2) is 7.41. The number of aryl methyl sites for hydroxylation is 1. The molecule has 4 nitrogen and oxygen atoms in total. The molecule has 0 heterocycles. The summed E-state index contributed by atoms with van der Waals surface area (Å²) < 4.78 is 25.6. The molecular weight excluding hydrogens is 272 g/mol. The molecule has 0 unspecified atom stereocenters. The fourth-order valence-corrected chi connectivity index (χ4v) is 3.37. The average molecular weight is 294 g/mol. The molecule has 0 N–H and O–H groups in total. The highest BCUT2D eigenvalue weighted by molar-refractivity contribution is 7.89. The van der Waals surface area contributed by atoms with Crippen LogP contribution >= 0.6 is 0 Å². The number of hydrogen-bond donors (Lipinski definition) is 0. The van der Waals surface area contributed by atoms with Gasteiger partial charge < -0.3 is 0 Å². The minimum absolute atomic E-state index is 0.0370.